The summed E-state index contributed by atoms with van der Waals surface area (Å²) < 4.78 is 55.6. The van der Waals surface area contributed by atoms with Gasteiger partial charge in [0, 0.05) is 0 Å². The van der Waals surface area contributed by atoms with Crippen molar-refractivity contribution in [2.24, 2.45) is 0 Å². The lowest BCUT2D eigenvalue weighted by Gasteiger charge is -2.11. The molecule has 3 nitrogen and oxygen atoms in total. The molecule has 7 heteroatoms. The first-order valence-electron chi connectivity index (χ1n) is 5.15. The van der Waals surface area contributed by atoms with Crippen molar-refractivity contribution in [3.05, 3.63) is 35.2 Å². The number of hydrogen-bond acceptors (Lipinski definition) is 3. The fourth-order valence-corrected chi connectivity index (χ4v) is 1.35. The Bertz CT molecular complexity index is 509. The van der Waals surface area contributed by atoms with Crippen molar-refractivity contribution in [2.45, 2.75) is 12.6 Å². The highest BCUT2D eigenvalue weighted by Crippen LogP contribution is 2.34. The Morgan fingerprint density at radius 1 is 1.42 bits per heavy atom. The summed E-state index contributed by atoms with van der Waals surface area (Å²) in [7, 11) is 1.15. The summed E-state index contributed by atoms with van der Waals surface area (Å²) in [4.78, 5) is 10.8. The predicted molar refractivity (Wildman–Crippen MR) is 61.5 cm³/mol. The zero-order chi connectivity index (χ0) is 14.6. The molecule has 0 aliphatic rings. The third-order valence-corrected chi connectivity index (χ3v) is 2.28. The highest BCUT2D eigenvalue weighted by atomic mass is 19.4. The standard InChI is InChI=1S/C12H11F4NO2/c1-19-11(18)4-2-3-7-5-9(13)10(17)6-8(7)12(14,15)16/h2-3,5-6H,4,17H2,1H3. The van der Waals surface area contributed by atoms with Crippen molar-refractivity contribution in [3.8, 4) is 0 Å². The summed E-state index contributed by atoms with van der Waals surface area (Å²) in [5.74, 6) is -1.56. The van der Waals surface area contributed by atoms with Crippen LogP contribution in [0, 0.1) is 5.82 Å². The molecule has 2 N–H and O–H groups in total. The molecule has 0 atom stereocenters. The molecule has 1 aromatic rings. The number of nitrogen functional groups attached to an aromatic ring is 1. The second kappa shape index (κ2) is 5.73. The summed E-state index contributed by atoms with van der Waals surface area (Å²) in [6, 6.07) is 1.19. The van der Waals surface area contributed by atoms with Crippen LogP contribution in [0.3, 0.4) is 0 Å². The van der Waals surface area contributed by atoms with Crippen LogP contribution in [0.4, 0.5) is 23.2 Å². The Balaban J connectivity index is 3.12. The molecule has 1 rings (SSSR count). The molecule has 104 valence electrons. The lowest BCUT2D eigenvalue weighted by molar-refractivity contribution is -0.139. The fraction of sp³-hybridized carbons (Fsp3) is 0.250. The fourth-order valence-electron chi connectivity index (χ4n) is 1.35. The summed E-state index contributed by atoms with van der Waals surface area (Å²) in [6.45, 7) is 0. The molecule has 0 amide bonds. The van der Waals surface area contributed by atoms with E-state index in [2.05, 4.69) is 4.74 Å². The molecular formula is C12H11F4NO2. The lowest BCUT2D eigenvalue weighted by atomic mass is 10.0. The Hall–Kier alpha value is -2.05. The summed E-state index contributed by atoms with van der Waals surface area (Å²) in [6.07, 6.45) is -2.71. The number of esters is 1. The first kappa shape index (κ1) is 15.0. The van der Waals surface area contributed by atoms with Crippen LogP contribution in [-0.2, 0) is 15.7 Å². The van der Waals surface area contributed by atoms with Crippen molar-refractivity contribution < 1.29 is 27.1 Å². The zero-order valence-corrected chi connectivity index (χ0v) is 9.92. The third-order valence-electron chi connectivity index (χ3n) is 2.28. The number of carbonyl (C=O) groups excluding carboxylic acids is 1. The maximum Gasteiger partial charge on any atom is 0.417 e. The molecule has 0 fully saturated rings. The van der Waals surface area contributed by atoms with Gasteiger partial charge in [-0.25, -0.2) is 4.39 Å². The van der Waals surface area contributed by atoms with E-state index in [0.29, 0.717) is 12.1 Å². The van der Waals surface area contributed by atoms with Crippen LogP contribution < -0.4 is 5.73 Å². The first-order chi connectivity index (χ1) is 8.75. The second-order valence-corrected chi connectivity index (χ2v) is 3.64. The Kier molecular flexibility index (Phi) is 4.52. The highest BCUT2D eigenvalue weighted by Gasteiger charge is 2.33. The number of hydrogen-bond donors (Lipinski definition) is 1. The van der Waals surface area contributed by atoms with Crippen molar-refractivity contribution in [1.29, 1.82) is 0 Å². The average Bonchev–Trinajstić information content (AvgIpc) is 2.31. The quantitative estimate of drug-likeness (QED) is 0.525. The van der Waals surface area contributed by atoms with Gasteiger partial charge in [0.1, 0.15) is 5.82 Å². The molecule has 0 aliphatic heterocycles. The van der Waals surface area contributed by atoms with Crippen molar-refractivity contribution in [2.75, 3.05) is 12.8 Å². The number of ether oxygens (including phenoxy) is 1. The normalized spacial score (nSPS) is 11.8. The van der Waals surface area contributed by atoms with E-state index in [0.717, 1.165) is 19.3 Å². The van der Waals surface area contributed by atoms with Crippen LogP contribution >= 0.6 is 0 Å². The minimum Gasteiger partial charge on any atom is -0.469 e. The van der Waals surface area contributed by atoms with Crippen LogP contribution in [0.25, 0.3) is 6.08 Å². The summed E-state index contributed by atoms with van der Waals surface area (Å²) in [5, 5.41) is 0. The van der Waals surface area contributed by atoms with Crippen LogP contribution in [0.1, 0.15) is 17.5 Å². The lowest BCUT2D eigenvalue weighted by Crippen LogP contribution is -2.09. The van der Waals surface area contributed by atoms with E-state index in [4.69, 9.17) is 5.73 Å². The number of anilines is 1. The van der Waals surface area contributed by atoms with E-state index in [1.807, 2.05) is 0 Å². The third kappa shape index (κ3) is 3.97. The number of rotatable bonds is 3. The average molecular weight is 277 g/mol. The molecule has 0 bridgehead atoms. The van der Waals surface area contributed by atoms with Gasteiger partial charge in [0.25, 0.3) is 0 Å². The number of nitrogens with two attached hydrogens (primary N) is 1. The number of carbonyl (C=O) groups is 1. The van der Waals surface area contributed by atoms with Gasteiger partial charge in [0.15, 0.2) is 0 Å². The van der Waals surface area contributed by atoms with Gasteiger partial charge in [-0.15, -0.1) is 0 Å². The molecule has 0 saturated carbocycles. The maximum absolute atomic E-state index is 13.2. The molecule has 19 heavy (non-hydrogen) atoms. The van der Waals surface area contributed by atoms with Crippen LogP contribution in [0.2, 0.25) is 0 Å². The van der Waals surface area contributed by atoms with Crippen molar-refractivity contribution >= 4 is 17.7 Å². The van der Waals surface area contributed by atoms with Gasteiger partial charge >= 0.3 is 12.1 Å². The first-order valence-corrected chi connectivity index (χ1v) is 5.15. The minimum atomic E-state index is -4.66. The molecule has 1 aromatic carbocycles. The van der Waals surface area contributed by atoms with Gasteiger partial charge in [-0.1, -0.05) is 12.2 Å². The van der Waals surface area contributed by atoms with Gasteiger partial charge in [-0.2, -0.15) is 13.2 Å². The Labute approximate surface area is 106 Å². The van der Waals surface area contributed by atoms with Gasteiger partial charge in [0.2, 0.25) is 0 Å². The number of halogens is 4. The number of methoxy groups -OCH3 is 1. The van der Waals surface area contributed by atoms with E-state index in [-0.39, 0.29) is 6.42 Å². The Morgan fingerprint density at radius 3 is 2.58 bits per heavy atom. The van der Waals surface area contributed by atoms with Gasteiger partial charge < -0.3 is 10.5 Å². The Morgan fingerprint density at radius 2 is 2.05 bits per heavy atom. The van der Waals surface area contributed by atoms with E-state index in [1.54, 1.807) is 0 Å². The zero-order valence-electron chi connectivity index (χ0n) is 9.92. The molecular weight excluding hydrogens is 266 g/mol. The molecule has 0 radical (unpaired) electrons. The van der Waals surface area contributed by atoms with E-state index < -0.39 is 34.8 Å². The molecule has 0 aromatic heterocycles. The predicted octanol–water partition coefficient (Wildman–Crippen LogP) is 3.00. The molecule has 0 aliphatic carbocycles. The second-order valence-electron chi connectivity index (χ2n) is 3.64. The largest absolute Gasteiger partial charge is 0.469 e. The maximum atomic E-state index is 13.2. The number of alkyl halides is 3. The van der Waals surface area contributed by atoms with Gasteiger partial charge in [-0.3, -0.25) is 4.79 Å². The SMILES string of the molecule is COC(=O)CC=Cc1cc(F)c(N)cc1C(F)(F)F. The number of benzene rings is 1. The van der Waals surface area contributed by atoms with Gasteiger partial charge in [-0.05, 0) is 17.7 Å². The van der Waals surface area contributed by atoms with Gasteiger partial charge in [0.05, 0.1) is 24.8 Å². The van der Waals surface area contributed by atoms with E-state index >= 15 is 0 Å². The van der Waals surface area contributed by atoms with Crippen LogP contribution in [0.5, 0.6) is 0 Å². The smallest absolute Gasteiger partial charge is 0.417 e. The molecule has 0 heterocycles. The highest BCUT2D eigenvalue weighted by molar-refractivity contribution is 5.73. The molecule has 0 unspecified atom stereocenters. The monoisotopic (exact) mass is 277 g/mol. The minimum absolute atomic E-state index is 0.209. The van der Waals surface area contributed by atoms with E-state index in [1.165, 1.54) is 0 Å². The van der Waals surface area contributed by atoms with Crippen molar-refractivity contribution in [1.82, 2.24) is 0 Å². The van der Waals surface area contributed by atoms with E-state index in [9.17, 15) is 22.4 Å². The summed E-state index contributed by atoms with van der Waals surface area (Å²) >= 11 is 0. The topological polar surface area (TPSA) is 52.3 Å². The van der Waals surface area contributed by atoms with Crippen LogP contribution in [0.15, 0.2) is 18.2 Å². The van der Waals surface area contributed by atoms with Crippen LogP contribution in [-0.4, -0.2) is 13.1 Å². The molecule has 0 saturated heterocycles. The summed E-state index contributed by atoms with van der Waals surface area (Å²) in [5.41, 5.74) is 3.06. The van der Waals surface area contributed by atoms with Crippen molar-refractivity contribution in [3.63, 3.8) is 0 Å². The molecule has 0 spiro atoms.